The number of hydrogen-bond donors (Lipinski definition) is 0. The average Bonchev–Trinajstić information content (AvgIpc) is 3.32. The number of para-hydroxylation sites is 1. The maximum Gasteiger partial charge on any atom is 0.365 e. The number of thioether (sulfide) groups is 2. The minimum Gasteiger partial charge on any atom is -0.461 e. The summed E-state index contributed by atoms with van der Waals surface area (Å²) in [6, 6.07) is 15.4. The summed E-state index contributed by atoms with van der Waals surface area (Å²) >= 11 is 2.39. The molecule has 0 amide bonds. The van der Waals surface area contributed by atoms with Gasteiger partial charge in [0.05, 0.1) is 22.1 Å². The number of hydrazone groups is 1. The number of ether oxygens (including phenoxy) is 1. The summed E-state index contributed by atoms with van der Waals surface area (Å²) in [7, 11) is 0. The molecule has 11 heteroatoms. The Bertz CT molecular complexity index is 1200. The molecule has 0 unspecified atom stereocenters. The zero-order chi connectivity index (χ0) is 23.8. The maximum absolute atomic E-state index is 12.7. The Balaban J connectivity index is 1.91. The highest BCUT2D eigenvalue weighted by atomic mass is 32.2. The predicted octanol–water partition coefficient (Wildman–Crippen LogP) is 4.71. The van der Waals surface area contributed by atoms with Gasteiger partial charge in [0.1, 0.15) is 0 Å². The van der Waals surface area contributed by atoms with E-state index in [2.05, 4.69) is 5.10 Å². The highest BCUT2D eigenvalue weighted by molar-refractivity contribution is 8.29. The van der Waals surface area contributed by atoms with Gasteiger partial charge in [-0.1, -0.05) is 36.0 Å². The molecule has 0 saturated heterocycles. The fourth-order valence-corrected chi connectivity index (χ4v) is 6.56. The number of anilines is 2. The molecule has 1 spiro atoms. The van der Waals surface area contributed by atoms with Crippen molar-refractivity contribution in [1.82, 2.24) is 0 Å². The molecule has 33 heavy (non-hydrogen) atoms. The predicted molar refractivity (Wildman–Crippen MR) is 130 cm³/mol. The molecule has 170 valence electrons. The van der Waals surface area contributed by atoms with Crippen molar-refractivity contribution in [2.24, 2.45) is 5.10 Å². The van der Waals surface area contributed by atoms with Crippen LogP contribution in [0.3, 0.4) is 0 Å². The third-order valence-corrected chi connectivity index (χ3v) is 7.91. The summed E-state index contributed by atoms with van der Waals surface area (Å²) in [5, 5.41) is 17.6. The van der Waals surface area contributed by atoms with Crippen LogP contribution in [0.4, 0.5) is 17.1 Å². The van der Waals surface area contributed by atoms with Gasteiger partial charge in [-0.3, -0.25) is 14.9 Å². The van der Waals surface area contributed by atoms with Crippen LogP contribution in [-0.2, 0) is 14.3 Å². The summed E-state index contributed by atoms with van der Waals surface area (Å²) < 4.78 is 4.05. The monoisotopic (exact) mass is 484 g/mol. The molecule has 0 N–H and O–H groups in total. The number of carbonyl (C=O) groups excluding carboxylic acids is 2. The lowest BCUT2D eigenvalue weighted by molar-refractivity contribution is -0.384. The molecule has 0 radical (unpaired) electrons. The summed E-state index contributed by atoms with van der Waals surface area (Å²) in [6.45, 7) is 5.19. The fourth-order valence-electron chi connectivity index (χ4n) is 3.61. The van der Waals surface area contributed by atoms with E-state index in [9.17, 15) is 19.7 Å². The van der Waals surface area contributed by atoms with Gasteiger partial charge in [0.2, 0.25) is 9.37 Å². The highest BCUT2D eigenvalue weighted by Crippen LogP contribution is 2.60. The number of allylic oxidation sites excluding steroid dienone is 2. The molecule has 2 heterocycles. The van der Waals surface area contributed by atoms with E-state index in [1.165, 1.54) is 30.8 Å². The van der Waals surface area contributed by atoms with E-state index in [0.29, 0.717) is 16.3 Å². The number of rotatable bonds is 6. The molecule has 9 nitrogen and oxygen atoms in total. The van der Waals surface area contributed by atoms with E-state index in [1.54, 1.807) is 24.1 Å². The first-order valence-corrected chi connectivity index (χ1v) is 11.7. The van der Waals surface area contributed by atoms with Crippen molar-refractivity contribution in [3.8, 4) is 0 Å². The van der Waals surface area contributed by atoms with E-state index < -0.39 is 15.2 Å². The van der Waals surface area contributed by atoms with Crippen LogP contribution in [0, 0.1) is 10.1 Å². The van der Waals surface area contributed by atoms with Crippen LogP contribution in [0.5, 0.6) is 0 Å². The summed E-state index contributed by atoms with van der Waals surface area (Å²) in [6.07, 6.45) is 0. The standard InChI is InChI=1S/C22H20N4O5S2/c1-4-31-21(28)20-23-25(17-11-8-12-18(13-17)26(29)30)22(33-20)24(16-9-6-5-7-10-16)14(2)19(32-22)15(3)27/h5-13H,4H2,1-3H3/t22-/m0/s1. The lowest BCUT2D eigenvalue weighted by atomic mass is 10.2. The second-order valence-corrected chi connectivity index (χ2v) is 9.71. The number of hydrogen-bond acceptors (Lipinski definition) is 10. The van der Waals surface area contributed by atoms with Gasteiger partial charge < -0.3 is 9.64 Å². The van der Waals surface area contributed by atoms with Crippen molar-refractivity contribution in [2.75, 3.05) is 16.5 Å². The molecule has 2 aliphatic rings. The van der Waals surface area contributed by atoms with Gasteiger partial charge in [0, 0.05) is 23.5 Å². The quantitative estimate of drug-likeness (QED) is 0.327. The maximum atomic E-state index is 12.7. The van der Waals surface area contributed by atoms with Crippen molar-refractivity contribution < 1.29 is 19.2 Å². The number of ketones is 1. The normalized spacial score (nSPS) is 19.8. The molecule has 0 saturated carbocycles. The van der Waals surface area contributed by atoms with Crippen molar-refractivity contribution >= 4 is 57.4 Å². The van der Waals surface area contributed by atoms with Crippen LogP contribution in [0.15, 0.2) is 70.3 Å². The molecule has 0 aliphatic carbocycles. The van der Waals surface area contributed by atoms with Crippen molar-refractivity contribution in [2.45, 2.75) is 25.1 Å². The molecule has 1 atom stereocenters. The first-order valence-electron chi connectivity index (χ1n) is 10.0. The van der Waals surface area contributed by atoms with Gasteiger partial charge in [0.25, 0.3) is 5.69 Å². The summed E-state index contributed by atoms with van der Waals surface area (Å²) in [5.74, 6) is -0.725. The zero-order valence-corrected chi connectivity index (χ0v) is 19.7. The molecule has 2 aliphatic heterocycles. The second-order valence-electron chi connectivity index (χ2n) is 7.11. The van der Waals surface area contributed by atoms with Gasteiger partial charge >= 0.3 is 5.97 Å². The molecule has 2 aromatic carbocycles. The number of nitro groups is 1. The largest absolute Gasteiger partial charge is 0.461 e. The van der Waals surface area contributed by atoms with Gasteiger partial charge in [-0.05, 0) is 50.7 Å². The third kappa shape index (κ3) is 3.98. The lowest BCUT2D eigenvalue weighted by Crippen LogP contribution is -2.49. The van der Waals surface area contributed by atoms with Crippen molar-refractivity contribution in [3.63, 3.8) is 0 Å². The van der Waals surface area contributed by atoms with Crippen LogP contribution in [-0.4, -0.2) is 32.7 Å². The van der Waals surface area contributed by atoms with Crippen LogP contribution in [0.1, 0.15) is 20.8 Å². The van der Waals surface area contributed by atoms with Crippen molar-refractivity contribution in [1.29, 1.82) is 0 Å². The molecule has 0 bridgehead atoms. The Labute approximate surface area is 198 Å². The SMILES string of the molecule is CCOC(=O)C1=NN(c2cccc([N+](=O)[O-])c2)[C@]2(S1)SC(C(C)=O)=C(C)N2c1ccccc1. The number of nitro benzene ring substituents is 1. The van der Waals surface area contributed by atoms with Crippen LogP contribution >= 0.6 is 23.5 Å². The molecule has 0 fully saturated rings. The Morgan fingerprint density at radius 1 is 1.12 bits per heavy atom. The smallest absolute Gasteiger partial charge is 0.365 e. The van der Waals surface area contributed by atoms with Gasteiger partial charge in [-0.15, -0.1) is 0 Å². The van der Waals surface area contributed by atoms with E-state index in [1.807, 2.05) is 42.2 Å². The van der Waals surface area contributed by atoms with E-state index >= 15 is 0 Å². The second kappa shape index (κ2) is 8.91. The number of benzene rings is 2. The Kier molecular flexibility index (Phi) is 6.17. The molecule has 2 aromatic rings. The molecular formula is C22H20N4O5S2. The van der Waals surface area contributed by atoms with E-state index in [4.69, 9.17) is 4.74 Å². The van der Waals surface area contributed by atoms with Gasteiger partial charge in [0.15, 0.2) is 5.78 Å². The third-order valence-electron chi connectivity index (χ3n) is 4.94. The minimum atomic E-state index is -1.14. The first-order chi connectivity index (χ1) is 15.8. The van der Waals surface area contributed by atoms with Gasteiger partial charge in [-0.25, -0.2) is 9.80 Å². The number of esters is 1. The first kappa shape index (κ1) is 22.9. The number of non-ortho nitro benzene ring substituents is 1. The van der Waals surface area contributed by atoms with Gasteiger partial charge in [-0.2, -0.15) is 5.10 Å². The topological polar surface area (TPSA) is 105 Å². The Hall–Kier alpha value is -3.31. The number of nitrogens with zero attached hydrogens (tertiary/aromatic N) is 4. The van der Waals surface area contributed by atoms with Crippen molar-refractivity contribution in [3.05, 3.63) is 75.3 Å². The number of Topliss-reactive ketones (excluding diaryl/α,β-unsaturated/α-hetero) is 1. The van der Waals surface area contributed by atoms with Crippen LogP contribution in [0.2, 0.25) is 0 Å². The Morgan fingerprint density at radius 2 is 1.82 bits per heavy atom. The van der Waals surface area contributed by atoms with Crippen LogP contribution in [0.25, 0.3) is 0 Å². The zero-order valence-electron chi connectivity index (χ0n) is 18.0. The summed E-state index contributed by atoms with van der Waals surface area (Å²) in [4.78, 5) is 38.6. The fraction of sp³-hybridized carbons (Fsp3) is 0.227. The van der Waals surface area contributed by atoms with E-state index in [0.717, 1.165) is 17.4 Å². The number of carbonyl (C=O) groups is 2. The Morgan fingerprint density at radius 3 is 2.45 bits per heavy atom. The molecular weight excluding hydrogens is 464 g/mol. The van der Waals surface area contributed by atoms with Crippen LogP contribution < -0.4 is 9.91 Å². The van der Waals surface area contributed by atoms with E-state index in [-0.39, 0.29) is 23.1 Å². The average molecular weight is 485 g/mol. The lowest BCUT2D eigenvalue weighted by Gasteiger charge is -2.41. The summed E-state index contributed by atoms with van der Waals surface area (Å²) in [5.41, 5.74) is 1.77. The minimum absolute atomic E-state index is 0.0920. The highest BCUT2D eigenvalue weighted by Gasteiger charge is 2.58. The molecule has 4 rings (SSSR count). The molecule has 0 aromatic heterocycles.